The van der Waals surface area contributed by atoms with Gasteiger partial charge in [-0.3, -0.25) is 0 Å². The summed E-state index contributed by atoms with van der Waals surface area (Å²) in [7, 11) is 0. The summed E-state index contributed by atoms with van der Waals surface area (Å²) in [4.78, 5) is 15.9. The van der Waals surface area contributed by atoms with Crippen LogP contribution in [0, 0.1) is 0 Å². The zero-order chi connectivity index (χ0) is 35.6. The van der Waals surface area contributed by atoms with Gasteiger partial charge in [0.1, 0.15) is 11.2 Å². The normalized spacial score (nSPS) is 11.7. The van der Waals surface area contributed by atoms with E-state index in [0.29, 0.717) is 17.5 Å². The second kappa shape index (κ2) is 12.3. The fourth-order valence-corrected chi connectivity index (χ4v) is 9.02. The van der Waals surface area contributed by atoms with E-state index >= 15 is 0 Å². The number of benzene rings is 8. The molecule has 8 aromatic carbocycles. The van der Waals surface area contributed by atoms with Crippen LogP contribution in [0.5, 0.6) is 0 Å². The molecule has 0 saturated heterocycles. The zero-order valence-electron chi connectivity index (χ0n) is 28.9. The fraction of sp³-hybridized carbons (Fsp3) is 0. The second-order valence-corrected chi connectivity index (χ2v) is 14.6. The SMILES string of the molecule is c1ccc(-c2ccc(-c3nc(-c4cccc5c4oc4ccc6ccccc6c45)nc(-c4cccc5c4sc4ccccc45)n3)c(-c3ccccc3)c2)cc1. The van der Waals surface area contributed by atoms with Crippen LogP contribution < -0.4 is 0 Å². The second-order valence-electron chi connectivity index (χ2n) is 13.5. The molecule has 0 saturated carbocycles. The highest BCUT2D eigenvalue weighted by Crippen LogP contribution is 2.43. The maximum absolute atomic E-state index is 6.71. The minimum absolute atomic E-state index is 0.563. The summed E-state index contributed by atoms with van der Waals surface area (Å²) in [6.07, 6.45) is 0. The van der Waals surface area contributed by atoms with Crippen LogP contribution in [0.3, 0.4) is 0 Å². The van der Waals surface area contributed by atoms with Gasteiger partial charge in [0, 0.05) is 42.1 Å². The molecule has 0 radical (unpaired) electrons. The third kappa shape index (κ3) is 4.94. The van der Waals surface area contributed by atoms with Crippen molar-refractivity contribution in [2.45, 2.75) is 0 Å². The Hall–Kier alpha value is -6.95. The minimum Gasteiger partial charge on any atom is -0.455 e. The Labute approximate surface area is 314 Å². The lowest BCUT2D eigenvalue weighted by molar-refractivity contribution is 0.670. The van der Waals surface area contributed by atoms with Gasteiger partial charge >= 0.3 is 0 Å². The summed E-state index contributed by atoms with van der Waals surface area (Å²) in [5, 5.41) is 6.89. The Kier molecular flexibility index (Phi) is 7.00. The molecule has 0 unspecified atom stereocenters. The van der Waals surface area contributed by atoms with Gasteiger partial charge in [0.05, 0.1) is 5.56 Å². The van der Waals surface area contributed by atoms with Crippen molar-refractivity contribution < 1.29 is 4.42 Å². The van der Waals surface area contributed by atoms with Crippen molar-refractivity contribution in [2.75, 3.05) is 0 Å². The third-order valence-corrected chi connectivity index (χ3v) is 11.6. The molecule has 0 atom stereocenters. The predicted molar refractivity (Wildman–Crippen MR) is 225 cm³/mol. The quantitative estimate of drug-likeness (QED) is 0.179. The van der Waals surface area contributed by atoms with Gasteiger partial charge in [-0.15, -0.1) is 11.3 Å². The minimum atomic E-state index is 0.563. The highest BCUT2D eigenvalue weighted by Gasteiger charge is 2.22. The Morgan fingerprint density at radius 3 is 1.83 bits per heavy atom. The summed E-state index contributed by atoms with van der Waals surface area (Å²) < 4.78 is 9.09. The van der Waals surface area contributed by atoms with Crippen LogP contribution >= 0.6 is 11.3 Å². The van der Waals surface area contributed by atoms with Crippen LogP contribution in [-0.2, 0) is 0 Å². The molecule has 4 nitrogen and oxygen atoms in total. The Morgan fingerprint density at radius 1 is 0.389 bits per heavy atom. The van der Waals surface area contributed by atoms with Crippen molar-refractivity contribution in [1.82, 2.24) is 15.0 Å². The molecular formula is C49H29N3OS. The van der Waals surface area contributed by atoms with Crippen molar-refractivity contribution in [2.24, 2.45) is 0 Å². The molecule has 11 aromatic rings. The Bertz CT molecular complexity index is 3220. The maximum atomic E-state index is 6.71. The smallest absolute Gasteiger partial charge is 0.167 e. The van der Waals surface area contributed by atoms with Gasteiger partial charge < -0.3 is 4.42 Å². The van der Waals surface area contributed by atoms with E-state index < -0.39 is 0 Å². The average Bonchev–Trinajstić information content (AvgIpc) is 3.83. The van der Waals surface area contributed by atoms with E-state index in [1.807, 2.05) is 12.1 Å². The average molecular weight is 708 g/mol. The molecule has 0 aliphatic heterocycles. The number of furan rings is 1. The highest BCUT2D eigenvalue weighted by molar-refractivity contribution is 7.26. The molecule has 0 N–H and O–H groups in total. The van der Waals surface area contributed by atoms with E-state index in [-0.39, 0.29) is 0 Å². The number of hydrogen-bond acceptors (Lipinski definition) is 5. The number of fused-ring (bicyclic) bond motifs is 8. The maximum Gasteiger partial charge on any atom is 0.167 e. The first kappa shape index (κ1) is 30.7. The van der Waals surface area contributed by atoms with Gasteiger partial charge in [-0.1, -0.05) is 140 Å². The molecule has 252 valence electrons. The van der Waals surface area contributed by atoms with Crippen LogP contribution in [0.1, 0.15) is 0 Å². The lowest BCUT2D eigenvalue weighted by Gasteiger charge is -2.14. The van der Waals surface area contributed by atoms with E-state index in [0.717, 1.165) is 71.0 Å². The van der Waals surface area contributed by atoms with E-state index in [4.69, 9.17) is 19.4 Å². The number of aromatic nitrogens is 3. The van der Waals surface area contributed by atoms with Crippen LogP contribution in [0.25, 0.3) is 109 Å². The van der Waals surface area contributed by atoms with Gasteiger partial charge in [0.15, 0.2) is 17.5 Å². The number of hydrogen-bond donors (Lipinski definition) is 0. The number of para-hydroxylation sites is 1. The van der Waals surface area contributed by atoms with Crippen LogP contribution in [-0.4, -0.2) is 15.0 Å². The summed E-state index contributed by atoms with van der Waals surface area (Å²) in [5.41, 5.74) is 8.74. The van der Waals surface area contributed by atoms with Crippen LogP contribution in [0.2, 0.25) is 0 Å². The molecular weight excluding hydrogens is 679 g/mol. The topological polar surface area (TPSA) is 51.8 Å². The molecule has 5 heteroatoms. The van der Waals surface area contributed by atoms with Gasteiger partial charge in [0.2, 0.25) is 0 Å². The summed E-state index contributed by atoms with van der Waals surface area (Å²) in [6.45, 7) is 0. The molecule has 11 rings (SSSR count). The van der Waals surface area contributed by atoms with Gasteiger partial charge in [-0.2, -0.15) is 0 Å². The van der Waals surface area contributed by atoms with E-state index in [1.54, 1.807) is 11.3 Å². The standard InChI is InChI=1S/C49H29N3OS/c1-3-13-30(14-4-1)33-25-27-37(41(29-33)31-15-5-2-6-16-31)47-50-48(52-49(51-47)40-23-11-20-36-35-19-9-10-24-43(35)54-46(36)40)39-22-12-21-38-44-34-18-8-7-17-32(34)26-28-42(44)53-45(38)39/h1-29H. The van der Waals surface area contributed by atoms with Crippen molar-refractivity contribution in [3.63, 3.8) is 0 Å². The molecule has 54 heavy (non-hydrogen) atoms. The first-order valence-electron chi connectivity index (χ1n) is 18.0. The number of rotatable bonds is 5. The van der Waals surface area contributed by atoms with Crippen LogP contribution in [0.15, 0.2) is 180 Å². The first-order valence-corrected chi connectivity index (χ1v) is 18.8. The molecule has 0 spiro atoms. The monoisotopic (exact) mass is 707 g/mol. The Morgan fingerprint density at radius 2 is 1.02 bits per heavy atom. The number of thiophene rings is 1. The van der Waals surface area contributed by atoms with Gasteiger partial charge in [-0.05, 0) is 69.4 Å². The van der Waals surface area contributed by atoms with E-state index in [2.05, 4.69) is 164 Å². The predicted octanol–water partition coefficient (Wildman–Crippen LogP) is 13.6. The van der Waals surface area contributed by atoms with Crippen LogP contribution in [0.4, 0.5) is 0 Å². The van der Waals surface area contributed by atoms with E-state index in [1.165, 1.54) is 20.9 Å². The van der Waals surface area contributed by atoms with Crippen molar-refractivity contribution in [3.8, 4) is 56.4 Å². The zero-order valence-corrected chi connectivity index (χ0v) is 29.7. The molecule has 0 aliphatic rings. The highest BCUT2D eigenvalue weighted by atomic mass is 32.1. The summed E-state index contributed by atoms with van der Waals surface area (Å²) >= 11 is 1.77. The summed E-state index contributed by atoms with van der Waals surface area (Å²) in [5.74, 6) is 1.79. The number of nitrogens with zero attached hydrogens (tertiary/aromatic N) is 3. The first-order chi connectivity index (χ1) is 26.8. The van der Waals surface area contributed by atoms with E-state index in [9.17, 15) is 0 Å². The lowest BCUT2D eigenvalue weighted by atomic mass is 9.94. The molecule has 0 fully saturated rings. The molecule has 0 amide bonds. The Balaban J connectivity index is 1.20. The fourth-order valence-electron chi connectivity index (χ4n) is 7.81. The van der Waals surface area contributed by atoms with Crippen molar-refractivity contribution >= 4 is 64.2 Å². The van der Waals surface area contributed by atoms with Crippen molar-refractivity contribution in [1.29, 1.82) is 0 Å². The largest absolute Gasteiger partial charge is 0.455 e. The third-order valence-electron chi connectivity index (χ3n) is 10.4. The molecule has 0 bridgehead atoms. The molecule has 3 heterocycles. The lowest BCUT2D eigenvalue weighted by Crippen LogP contribution is -2.01. The van der Waals surface area contributed by atoms with Gasteiger partial charge in [0.25, 0.3) is 0 Å². The molecule has 0 aliphatic carbocycles. The summed E-state index contributed by atoms with van der Waals surface area (Å²) in [6, 6.07) is 61.5. The molecule has 3 aromatic heterocycles. The van der Waals surface area contributed by atoms with Crippen molar-refractivity contribution in [3.05, 3.63) is 176 Å². The van der Waals surface area contributed by atoms with Gasteiger partial charge in [-0.25, -0.2) is 15.0 Å².